The van der Waals surface area contributed by atoms with Gasteiger partial charge in [-0.3, -0.25) is 0 Å². The number of nitrogens with two attached hydrogens (primary N) is 1. The topological polar surface area (TPSA) is 29.3 Å². The Balaban J connectivity index is 2.50. The van der Waals surface area contributed by atoms with Gasteiger partial charge in [0.25, 0.3) is 0 Å². The van der Waals surface area contributed by atoms with Crippen molar-refractivity contribution in [3.8, 4) is 0 Å². The molecule has 20 heavy (non-hydrogen) atoms. The van der Waals surface area contributed by atoms with Crippen LogP contribution in [-0.2, 0) is 6.54 Å². The highest BCUT2D eigenvalue weighted by molar-refractivity contribution is 5.64. The van der Waals surface area contributed by atoms with E-state index in [9.17, 15) is 13.2 Å². The van der Waals surface area contributed by atoms with Gasteiger partial charge in [0.15, 0.2) is 11.6 Å². The summed E-state index contributed by atoms with van der Waals surface area (Å²) in [6.45, 7) is 2.08. The molecule has 0 unspecified atom stereocenters. The van der Waals surface area contributed by atoms with Crippen LogP contribution in [0, 0.1) is 17.5 Å². The zero-order chi connectivity index (χ0) is 14.7. The molecule has 0 aliphatic carbocycles. The number of nitrogens with zero attached hydrogens (tertiary/aromatic N) is 1. The van der Waals surface area contributed by atoms with Crippen molar-refractivity contribution in [2.75, 3.05) is 11.4 Å². The third-order valence-corrected chi connectivity index (χ3v) is 3.09. The average Bonchev–Trinajstić information content (AvgIpc) is 2.44. The van der Waals surface area contributed by atoms with Gasteiger partial charge in [0.2, 0.25) is 0 Å². The van der Waals surface area contributed by atoms with Crippen LogP contribution in [0.15, 0.2) is 36.4 Å². The van der Waals surface area contributed by atoms with Gasteiger partial charge in [-0.1, -0.05) is 12.1 Å². The minimum atomic E-state index is -0.973. The first-order chi connectivity index (χ1) is 9.58. The molecule has 0 aliphatic heterocycles. The van der Waals surface area contributed by atoms with Crippen LogP contribution in [0.5, 0.6) is 0 Å². The Morgan fingerprint density at radius 3 is 2.40 bits per heavy atom. The summed E-state index contributed by atoms with van der Waals surface area (Å²) in [6, 6.07) is 8.63. The molecule has 2 rings (SSSR count). The van der Waals surface area contributed by atoms with Crippen LogP contribution in [0.25, 0.3) is 0 Å². The van der Waals surface area contributed by atoms with Gasteiger partial charge in [-0.05, 0) is 31.2 Å². The summed E-state index contributed by atoms with van der Waals surface area (Å²) in [6.07, 6.45) is 0. The van der Waals surface area contributed by atoms with E-state index in [0.717, 1.165) is 0 Å². The monoisotopic (exact) mass is 280 g/mol. The molecule has 2 aromatic rings. The summed E-state index contributed by atoms with van der Waals surface area (Å²) in [5, 5.41) is 0. The predicted molar refractivity (Wildman–Crippen MR) is 73.3 cm³/mol. The summed E-state index contributed by atoms with van der Waals surface area (Å²) >= 11 is 0. The van der Waals surface area contributed by atoms with E-state index in [1.807, 2.05) is 0 Å². The Morgan fingerprint density at radius 1 is 1.05 bits per heavy atom. The second-order valence-electron chi connectivity index (χ2n) is 4.30. The van der Waals surface area contributed by atoms with Crippen molar-refractivity contribution < 1.29 is 13.2 Å². The van der Waals surface area contributed by atoms with Crippen LogP contribution in [0.1, 0.15) is 12.5 Å². The molecule has 2 N–H and O–H groups in total. The summed E-state index contributed by atoms with van der Waals surface area (Å²) in [7, 11) is 0. The van der Waals surface area contributed by atoms with Crippen molar-refractivity contribution in [2.24, 2.45) is 5.73 Å². The molecule has 106 valence electrons. The molecule has 0 spiro atoms. The van der Waals surface area contributed by atoms with E-state index < -0.39 is 17.5 Å². The minimum Gasteiger partial charge on any atom is -0.339 e. The Kier molecular flexibility index (Phi) is 4.29. The highest BCUT2D eigenvalue weighted by Crippen LogP contribution is 2.30. The van der Waals surface area contributed by atoms with Crippen molar-refractivity contribution in [3.63, 3.8) is 0 Å². The number of rotatable bonds is 4. The number of halogens is 3. The molecular formula is C15H15F3N2. The first-order valence-electron chi connectivity index (χ1n) is 6.28. The lowest BCUT2D eigenvalue weighted by Crippen LogP contribution is -2.18. The molecule has 0 amide bonds. The quantitative estimate of drug-likeness (QED) is 0.924. The lowest BCUT2D eigenvalue weighted by molar-refractivity contribution is 0.499. The maximum absolute atomic E-state index is 14.1. The van der Waals surface area contributed by atoms with Gasteiger partial charge in [-0.25, -0.2) is 13.2 Å². The SMILES string of the molecule is CCN(c1cccc(F)c1)c1ccc(CN)c(F)c1F. The molecule has 0 saturated heterocycles. The van der Waals surface area contributed by atoms with Crippen molar-refractivity contribution in [2.45, 2.75) is 13.5 Å². The summed E-state index contributed by atoms with van der Waals surface area (Å²) < 4.78 is 41.2. The average molecular weight is 280 g/mol. The van der Waals surface area contributed by atoms with E-state index >= 15 is 0 Å². The van der Waals surface area contributed by atoms with Crippen molar-refractivity contribution in [1.29, 1.82) is 0 Å². The first kappa shape index (κ1) is 14.4. The highest BCUT2D eigenvalue weighted by Gasteiger charge is 2.18. The molecule has 5 heteroatoms. The molecule has 0 heterocycles. The molecular weight excluding hydrogens is 265 g/mol. The van der Waals surface area contributed by atoms with E-state index in [1.54, 1.807) is 13.0 Å². The molecule has 0 bridgehead atoms. The smallest absolute Gasteiger partial charge is 0.182 e. The van der Waals surface area contributed by atoms with Gasteiger partial charge in [0.1, 0.15) is 5.82 Å². The van der Waals surface area contributed by atoms with Gasteiger partial charge >= 0.3 is 0 Å². The summed E-state index contributed by atoms with van der Waals surface area (Å²) in [4.78, 5) is 1.50. The lowest BCUT2D eigenvalue weighted by atomic mass is 10.1. The third kappa shape index (κ3) is 2.63. The van der Waals surface area contributed by atoms with Crippen molar-refractivity contribution in [3.05, 3.63) is 59.4 Å². The number of benzene rings is 2. The Bertz CT molecular complexity index is 614. The van der Waals surface area contributed by atoms with E-state index in [-0.39, 0.29) is 17.8 Å². The largest absolute Gasteiger partial charge is 0.339 e. The molecule has 0 saturated carbocycles. The van der Waals surface area contributed by atoms with Gasteiger partial charge in [0, 0.05) is 24.3 Å². The van der Waals surface area contributed by atoms with Gasteiger partial charge in [0.05, 0.1) is 5.69 Å². The molecule has 0 atom stereocenters. The maximum Gasteiger partial charge on any atom is 0.182 e. The standard InChI is InChI=1S/C15H15F3N2/c1-2-20(12-5-3-4-11(16)8-12)13-7-6-10(9-19)14(17)15(13)18/h3-8H,2,9,19H2,1H3. The second kappa shape index (κ2) is 5.96. The summed E-state index contributed by atoms with van der Waals surface area (Å²) in [5.41, 5.74) is 5.98. The van der Waals surface area contributed by atoms with Crippen LogP contribution in [0.4, 0.5) is 24.5 Å². The molecule has 0 aliphatic rings. The zero-order valence-electron chi connectivity index (χ0n) is 11.0. The molecule has 0 fully saturated rings. The Hall–Kier alpha value is -2.01. The van der Waals surface area contributed by atoms with Crippen LogP contribution >= 0.6 is 0 Å². The molecule has 2 nitrogen and oxygen atoms in total. The number of hydrogen-bond donors (Lipinski definition) is 1. The van der Waals surface area contributed by atoms with Crippen LogP contribution < -0.4 is 10.6 Å². The van der Waals surface area contributed by atoms with Crippen LogP contribution in [0.2, 0.25) is 0 Å². The normalized spacial score (nSPS) is 10.7. The molecule has 2 aromatic carbocycles. The number of hydrogen-bond acceptors (Lipinski definition) is 2. The zero-order valence-corrected chi connectivity index (χ0v) is 11.0. The number of anilines is 2. The maximum atomic E-state index is 14.1. The Morgan fingerprint density at radius 2 is 1.80 bits per heavy atom. The second-order valence-corrected chi connectivity index (χ2v) is 4.30. The predicted octanol–water partition coefficient (Wildman–Crippen LogP) is 3.72. The Labute approximate surface area is 115 Å². The first-order valence-corrected chi connectivity index (χ1v) is 6.28. The minimum absolute atomic E-state index is 0.0628. The van der Waals surface area contributed by atoms with E-state index in [2.05, 4.69) is 0 Å². The van der Waals surface area contributed by atoms with E-state index in [1.165, 1.54) is 35.2 Å². The fraction of sp³-hybridized carbons (Fsp3) is 0.200. The van der Waals surface area contributed by atoms with Crippen LogP contribution in [-0.4, -0.2) is 6.54 Å². The third-order valence-electron chi connectivity index (χ3n) is 3.09. The highest BCUT2D eigenvalue weighted by atomic mass is 19.2. The van der Waals surface area contributed by atoms with E-state index in [4.69, 9.17) is 5.73 Å². The van der Waals surface area contributed by atoms with Crippen molar-refractivity contribution >= 4 is 11.4 Å². The van der Waals surface area contributed by atoms with E-state index in [0.29, 0.717) is 12.2 Å². The van der Waals surface area contributed by atoms with Gasteiger partial charge in [-0.2, -0.15) is 0 Å². The summed E-state index contributed by atoms with van der Waals surface area (Å²) in [5.74, 6) is -2.36. The van der Waals surface area contributed by atoms with Crippen molar-refractivity contribution in [1.82, 2.24) is 0 Å². The lowest BCUT2D eigenvalue weighted by Gasteiger charge is -2.24. The fourth-order valence-corrected chi connectivity index (χ4v) is 2.08. The molecule has 0 aromatic heterocycles. The fourth-order valence-electron chi connectivity index (χ4n) is 2.08. The van der Waals surface area contributed by atoms with Gasteiger partial charge in [-0.15, -0.1) is 0 Å². The van der Waals surface area contributed by atoms with Crippen LogP contribution in [0.3, 0.4) is 0 Å². The molecule has 0 radical (unpaired) electrons. The van der Waals surface area contributed by atoms with Gasteiger partial charge < -0.3 is 10.6 Å².